The highest BCUT2D eigenvalue weighted by atomic mass is 35.5. The van der Waals surface area contributed by atoms with E-state index >= 15 is 0 Å². The maximum atomic E-state index is 12.4. The van der Waals surface area contributed by atoms with E-state index in [4.69, 9.17) is 11.6 Å². The number of nitrogens with zero attached hydrogens (tertiary/aromatic N) is 1. The standard InChI is InChI=1S/C19H18ClN3O2/c1-13-5-4-7-15(11-13)23-18(24)10-9-17(22-23)19(25)21-12-14-6-2-3-8-16(14)20/h2-9,11,22H,10,12H2,1H3,(H,21,25). The Balaban J connectivity index is 1.69. The molecule has 5 nitrogen and oxygen atoms in total. The number of amides is 2. The Morgan fingerprint density at radius 1 is 1.24 bits per heavy atom. The van der Waals surface area contributed by atoms with Crippen molar-refractivity contribution < 1.29 is 9.59 Å². The number of aryl methyl sites for hydroxylation is 1. The first-order valence-electron chi connectivity index (χ1n) is 7.92. The summed E-state index contributed by atoms with van der Waals surface area (Å²) in [4.78, 5) is 24.6. The van der Waals surface area contributed by atoms with Crippen LogP contribution in [0.25, 0.3) is 0 Å². The molecule has 2 amide bonds. The molecule has 0 radical (unpaired) electrons. The van der Waals surface area contributed by atoms with Gasteiger partial charge in [0.1, 0.15) is 5.70 Å². The summed E-state index contributed by atoms with van der Waals surface area (Å²) >= 11 is 6.10. The Morgan fingerprint density at radius 3 is 2.80 bits per heavy atom. The van der Waals surface area contributed by atoms with E-state index < -0.39 is 0 Å². The fourth-order valence-corrected chi connectivity index (χ4v) is 2.74. The van der Waals surface area contributed by atoms with Crippen LogP contribution >= 0.6 is 11.6 Å². The van der Waals surface area contributed by atoms with E-state index in [0.717, 1.165) is 11.1 Å². The summed E-state index contributed by atoms with van der Waals surface area (Å²) in [6.07, 6.45) is 1.76. The molecule has 0 saturated carbocycles. The number of rotatable bonds is 4. The summed E-state index contributed by atoms with van der Waals surface area (Å²) in [6, 6.07) is 14.9. The third kappa shape index (κ3) is 4.00. The molecule has 2 aromatic rings. The molecule has 0 spiro atoms. The number of halogens is 1. The van der Waals surface area contributed by atoms with E-state index in [1.807, 2.05) is 49.4 Å². The number of benzene rings is 2. The van der Waals surface area contributed by atoms with Crippen LogP contribution in [0.15, 0.2) is 60.3 Å². The third-order valence-electron chi connectivity index (χ3n) is 3.86. The molecule has 1 aliphatic heterocycles. The maximum absolute atomic E-state index is 12.4. The van der Waals surface area contributed by atoms with Crippen molar-refractivity contribution in [2.45, 2.75) is 19.9 Å². The molecule has 128 valence electrons. The quantitative estimate of drug-likeness (QED) is 0.886. The highest BCUT2D eigenvalue weighted by molar-refractivity contribution is 6.31. The first-order chi connectivity index (χ1) is 12.0. The van der Waals surface area contributed by atoms with Gasteiger partial charge in [0.2, 0.25) is 5.91 Å². The molecular weight excluding hydrogens is 338 g/mol. The van der Waals surface area contributed by atoms with Crippen LogP contribution in [-0.2, 0) is 16.1 Å². The van der Waals surface area contributed by atoms with Crippen LogP contribution in [0.5, 0.6) is 0 Å². The molecule has 25 heavy (non-hydrogen) atoms. The molecule has 0 saturated heterocycles. The number of carbonyl (C=O) groups is 2. The van der Waals surface area contributed by atoms with Gasteiger partial charge in [0.15, 0.2) is 0 Å². The van der Waals surface area contributed by atoms with E-state index in [2.05, 4.69) is 10.7 Å². The van der Waals surface area contributed by atoms with Crippen molar-refractivity contribution in [3.63, 3.8) is 0 Å². The number of anilines is 1. The predicted octanol–water partition coefficient (Wildman–Crippen LogP) is 3.09. The SMILES string of the molecule is Cc1cccc(N2NC(C(=O)NCc3ccccc3Cl)=CCC2=O)c1. The number of hydrogen-bond acceptors (Lipinski definition) is 3. The lowest BCUT2D eigenvalue weighted by Crippen LogP contribution is -2.48. The lowest BCUT2D eigenvalue weighted by molar-refractivity contribution is -0.120. The molecule has 2 N–H and O–H groups in total. The summed E-state index contributed by atoms with van der Waals surface area (Å²) in [5.74, 6) is -0.404. The van der Waals surface area contributed by atoms with Crippen LogP contribution < -0.4 is 15.8 Å². The number of hydrazine groups is 1. The van der Waals surface area contributed by atoms with Crippen LogP contribution in [0.4, 0.5) is 5.69 Å². The lowest BCUT2D eigenvalue weighted by Gasteiger charge is -2.28. The van der Waals surface area contributed by atoms with Gasteiger partial charge in [-0.3, -0.25) is 15.0 Å². The Bertz CT molecular complexity index is 848. The van der Waals surface area contributed by atoms with Gasteiger partial charge in [-0.2, -0.15) is 0 Å². The molecular formula is C19H18ClN3O2. The average molecular weight is 356 g/mol. The number of nitrogens with one attached hydrogen (secondary N) is 2. The second kappa shape index (κ2) is 7.40. The molecule has 0 unspecified atom stereocenters. The van der Waals surface area contributed by atoms with Crippen LogP contribution in [0.2, 0.25) is 5.02 Å². The van der Waals surface area contributed by atoms with Crippen molar-refractivity contribution in [2.75, 3.05) is 5.01 Å². The first-order valence-corrected chi connectivity index (χ1v) is 8.30. The number of carbonyl (C=O) groups excluding carboxylic acids is 2. The molecule has 0 fully saturated rings. The largest absolute Gasteiger partial charge is 0.347 e. The Kier molecular flexibility index (Phi) is 5.05. The zero-order chi connectivity index (χ0) is 17.8. The van der Waals surface area contributed by atoms with Gasteiger partial charge in [-0.1, -0.05) is 41.9 Å². The van der Waals surface area contributed by atoms with E-state index in [9.17, 15) is 9.59 Å². The van der Waals surface area contributed by atoms with Crippen LogP contribution in [-0.4, -0.2) is 11.8 Å². The van der Waals surface area contributed by atoms with Gasteiger partial charge in [0.05, 0.1) is 5.69 Å². The Hall–Kier alpha value is -2.79. The van der Waals surface area contributed by atoms with Gasteiger partial charge in [0, 0.05) is 18.0 Å². The van der Waals surface area contributed by atoms with Crippen LogP contribution in [0.3, 0.4) is 0 Å². The van der Waals surface area contributed by atoms with E-state index in [0.29, 0.717) is 23.0 Å². The molecule has 0 bridgehead atoms. The van der Waals surface area contributed by atoms with E-state index in [1.165, 1.54) is 5.01 Å². The highest BCUT2D eigenvalue weighted by Crippen LogP contribution is 2.19. The van der Waals surface area contributed by atoms with Crippen LogP contribution in [0, 0.1) is 6.92 Å². The molecule has 1 aliphatic rings. The summed E-state index contributed by atoms with van der Waals surface area (Å²) in [7, 11) is 0. The zero-order valence-electron chi connectivity index (χ0n) is 13.8. The highest BCUT2D eigenvalue weighted by Gasteiger charge is 2.24. The minimum Gasteiger partial charge on any atom is -0.347 e. The second-order valence-corrected chi connectivity index (χ2v) is 6.18. The van der Waals surface area contributed by atoms with Gasteiger partial charge in [-0.05, 0) is 42.3 Å². The maximum Gasteiger partial charge on any atom is 0.269 e. The fraction of sp³-hybridized carbons (Fsp3) is 0.158. The minimum atomic E-state index is -0.287. The van der Waals surface area contributed by atoms with Crippen LogP contribution in [0.1, 0.15) is 17.5 Å². The first kappa shape index (κ1) is 17.0. The van der Waals surface area contributed by atoms with Crippen molar-refractivity contribution in [3.8, 4) is 0 Å². The van der Waals surface area contributed by atoms with Gasteiger partial charge < -0.3 is 5.32 Å². The van der Waals surface area contributed by atoms with Gasteiger partial charge in [0.25, 0.3) is 5.91 Å². The summed E-state index contributed by atoms with van der Waals surface area (Å²) in [5, 5.41) is 4.82. The molecule has 0 aliphatic carbocycles. The zero-order valence-corrected chi connectivity index (χ0v) is 14.5. The van der Waals surface area contributed by atoms with Crippen molar-refractivity contribution in [2.24, 2.45) is 0 Å². The van der Waals surface area contributed by atoms with E-state index in [-0.39, 0.29) is 18.2 Å². The van der Waals surface area contributed by atoms with Gasteiger partial charge in [-0.15, -0.1) is 0 Å². The van der Waals surface area contributed by atoms with Gasteiger partial charge in [-0.25, -0.2) is 5.01 Å². The fourth-order valence-electron chi connectivity index (χ4n) is 2.54. The summed E-state index contributed by atoms with van der Waals surface area (Å²) in [6.45, 7) is 2.26. The minimum absolute atomic E-state index is 0.117. The third-order valence-corrected chi connectivity index (χ3v) is 4.23. The molecule has 1 heterocycles. The topological polar surface area (TPSA) is 61.4 Å². The number of hydrogen-bond donors (Lipinski definition) is 2. The van der Waals surface area contributed by atoms with E-state index in [1.54, 1.807) is 12.1 Å². The van der Waals surface area contributed by atoms with Crippen molar-refractivity contribution >= 4 is 29.1 Å². The molecule has 3 rings (SSSR count). The predicted molar refractivity (Wildman–Crippen MR) is 97.8 cm³/mol. The van der Waals surface area contributed by atoms with Crippen molar-refractivity contribution in [3.05, 3.63) is 76.5 Å². The summed E-state index contributed by atoms with van der Waals surface area (Å²) in [5.41, 5.74) is 5.81. The lowest BCUT2D eigenvalue weighted by atomic mass is 10.2. The van der Waals surface area contributed by atoms with Crippen molar-refractivity contribution in [1.29, 1.82) is 0 Å². The molecule has 0 aromatic heterocycles. The Morgan fingerprint density at radius 2 is 2.04 bits per heavy atom. The Labute approximate surface area is 151 Å². The van der Waals surface area contributed by atoms with Gasteiger partial charge >= 0.3 is 0 Å². The second-order valence-electron chi connectivity index (χ2n) is 5.78. The smallest absolute Gasteiger partial charge is 0.269 e. The molecule has 0 atom stereocenters. The average Bonchev–Trinajstić information content (AvgIpc) is 2.61. The summed E-state index contributed by atoms with van der Waals surface area (Å²) < 4.78 is 0. The monoisotopic (exact) mass is 355 g/mol. The molecule has 6 heteroatoms. The molecule has 2 aromatic carbocycles. The normalized spacial score (nSPS) is 13.9. The van der Waals surface area contributed by atoms with Crippen molar-refractivity contribution in [1.82, 2.24) is 10.7 Å².